The molecule has 3 rings (SSSR count). The standard InChI is InChI=1S/C29H30ClN3O/c1-20(33-28(29(2,3)19-32)23-10-14-26(34-4)15-11-23)27(17-21-8-12-25(30)13-9-21)24-7-5-6-22(16-24)18-31/h5-16,20,27-28,33H,17H2,1-4H3/t20-,27+,28?/m0/s1. The number of hydrogen-bond donors (Lipinski definition) is 1. The summed E-state index contributed by atoms with van der Waals surface area (Å²) >= 11 is 6.10. The highest BCUT2D eigenvalue weighted by molar-refractivity contribution is 6.30. The summed E-state index contributed by atoms with van der Waals surface area (Å²) in [5.41, 5.74) is 3.25. The third-order valence-electron chi connectivity index (χ3n) is 6.30. The fraction of sp³-hybridized carbons (Fsp3) is 0.310. The van der Waals surface area contributed by atoms with Crippen LogP contribution in [-0.2, 0) is 6.42 Å². The number of benzene rings is 3. The Kier molecular flexibility index (Phi) is 8.35. The summed E-state index contributed by atoms with van der Waals surface area (Å²) in [5, 5.41) is 23.9. The van der Waals surface area contributed by atoms with Crippen molar-refractivity contribution in [3.8, 4) is 17.9 Å². The molecule has 0 aliphatic carbocycles. The highest BCUT2D eigenvalue weighted by atomic mass is 35.5. The van der Waals surface area contributed by atoms with Crippen LogP contribution in [-0.4, -0.2) is 13.2 Å². The first-order valence-electron chi connectivity index (χ1n) is 11.3. The van der Waals surface area contributed by atoms with Crippen molar-refractivity contribution in [3.05, 3.63) is 100 Å². The predicted octanol–water partition coefficient (Wildman–Crippen LogP) is 6.82. The molecule has 0 amide bonds. The van der Waals surface area contributed by atoms with Crippen molar-refractivity contribution >= 4 is 11.6 Å². The Morgan fingerprint density at radius 3 is 2.24 bits per heavy atom. The zero-order chi connectivity index (χ0) is 24.7. The smallest absolute Gasteiger partial charge is 0.118 e. The maximum atomic E-state index is 9.96. The van der Waals surface area contributed by atoms with Gasteiger partial charge in [-0.2, -0.15) is 10.5 Å². The normalized spacial score (nSPS) is 13.9. The molecule has 4 nitrogen and oxygen atoms in total. The second-order valence-electron chi connectivity index (χ2n) is 9.17. The molecule has 3 aromatic carbocycles. The van der Waals surface area contributed by atoms with Gasteiger partial charge in [-0.1, -0.05) is 48.0 Å². The van der Waals surface area contributed by atoms with Gasteiger partial charge < -0.3 is 10.1 Å². The molecule has 0 fully saturated rings. The highest BCUT2D eigenvalue weighted by Crippen LogP contribution is 2.36. The van der Waals surface area contributed by atoms with Gasteiger partial charge in [0.05, 0.1) is 36.3 Å². The van der Waals surface area contributed by atoms with Crippen LogP contribution in [0.1, 0.15) is 55.0 Å². The minimum Gasteiger partial charge on any atom is -0.497 e. The number of nitriles is 2. The maximum Gasteiger partial charge on any atom is 0.118 e. The van der Waals surface area contributed by atoms with Gasteiger partial charge in [-0.05, 0) is 80.3 Å². The molecule has 3 aromatic rings. The van der Waals surface area contributed by atoms with Gasteiger partial charge in [-0.15, -0.1) is 0 Å². The van der Waals surface area contributed by atoms with Crippen LogP contribution in [0.25, 0.3) is 0 Å². The Balaban J connectivity index is 1.98. The van der Waals surface area contributed by atoms with Crippen LogP contribution in [0.15, 0.2) is 72.8 Å². The fourth-order valence-electron chi connectivity index (χ4n) is 4.26. The number of halogens is 1. The van der Waals surface area contributed by atoms with Crippen molar-refractivity contribution in [2.24, 2.45) is 5.41 Å². The molecular formula is C29H30ClN3O. The molecular weight excluding hydrogens is 442 g/mol. The second kappa shape index (κ2) is 11.2. The van der Waals surface area contributed by atoms with E-state index in [0.717, 1.165) is 28.9 Å². The molecule has 34 heavy (non-hydrogen) atoms. The summed E-state index contributed by atoms with van der Waals surface area (Å²) in [5.74, 6) is 0.851. The molecule has 0 saturated heterocycles. The van der Waals surface area contributed by atoms with E-state index in [4.69, 9.17) is 16.3 Å². The van der Waals surface area contributed by atoms with Gasteiger partial charge in [0.2, 0.25) is 0 Å². The average Bonchev–Trinajstić information content (AvgIpc) is 2.86. The van der Waals surface area contributed by atoms with Crippen LogP contribution in [0.2, 0.25) is 5.02 Å². The first-order valence-corrected chi connectivity index (χ1v) is 11.7. The van der Waals surface area contributed by atoms with Gasteiger partial charge in [0.25, 0.3) is 0 Å². The van der Waals surface area contributed by atoms with Crippen LogP contribution < -0.4 is 10.1 Å². The van der Waals surface area contributed by atoms with E-state index in [1.807, 2.05) is 80.6 Å². The number of nitrogens with one attached hydrogen (secondary N) is 1. The summed E-state index contributed by atoms with van der Waals surface area (Å²) in [6, 6.07) is 28.0. The van der Waals surface area contributed by atoms with Gasteiger partial charge in [0, 0.05) is 17.0 Å². The molecule has 1 N–H and O–H groups in total. The maximum absolute atomic E-state index is 9.96. The summed E-state index contributed by atoms with van der Waals surface area (Å²) in [6.07, 6.45) is 0.766. The summed E-state index contributed by atoms with van der Waals surface area (Å²) in [6.45, 7) is 6.04. The zero-order valence-corrected chi connectivity index (χ0v) is 20.8. The molecule has 5 heteroatoms. The Labute approximate surface area is 207 Å². The summed E-state index contributed by atoms with van der Waals surface area (Å²) in [7, 11) is 1.64. The van der Waals surface area contributed by atoms with Crippen molar-refractivity contribution in [3.63, 3.8) is 0 Å². The van der Waals surface area contributed by atoms with Gasteiger partial charge >= 0.3 is 0 Å². The molecule has 0 aliphatic heterocycles. The molecule has 0 spiro atoms. The van der Waals surface area contributed by atoms with Gasteiger partial charge in [-0.3, -0.25) is 0 Å². The second-order valence-corrected chi connectivity index (χ2v) is 9.61. The summed E-state index contributed by atoms with van der Waals surface area (Å²) in [4.78, 5) is 0. The molecule has 0 radical (unpaired) electrons. The van der Waals surface area contributed by atoms with Crippen LogP contribution >= 0.6 is 11.6 Å². The Hall–Kier alpha value is -3.31. The van der Waals surface area contributed by atoms with E-state index in [2.05, 4.69) is 30.4 Å². The molecule has 174 valence electrons. The first-order chi connectivity index (χ1) is 16.3. The first kappa shape index (κ1) is 25.3. The minimum atomic E-state index is -0.651. The minimum absolute atomic E-state index is 0.00403. The number of rotatable bonds is 9. The molecule has 0 saturated carbocycles. The van der Waals surface area contributed by atoms with Crippen molar-refractivity contribution in [2.75, 3.05) is 7.11 Å². The van der Waals surface area contributed by atoms with Gasteiger partial charge in [0.15, 0.2) is 0 Å². The van der Waals surface area contributed by atoms with E-state index in [1.165, 1.54) is 0 Å². The lowest BCUT2D eigenvalue weighted by atomic mass is 9.79. The number of ether oxygens (including phenoxy) is 1. The molecule has 0 heterocycles. The van der Waals surface area contributed by atoms with Crippen molar-refractivity contribution in [1.82, 2.24) is 5.32 Å². The lowest BCUT2D eigenvalue weighted by Crippen LogP contribution is -2.42. The van der Waals surface area contributed by atoms with E-state index >= 15 is 0 Å². The topological polar surface area (TPSA) is 68.8 Å². The number of hydrogen-bond acceptors (Lipinski definition) is 4. The van der Waals surface area contributed by atoms with Crippen LogP contribution in [0, 0.1) is 28.1 Å². The SMILES string of the molecule is COc1ccc(C(N[C@@H](C)[C@@H](Cc2ccc(Cl)cc2)c2cccc(C#N)c2)C(C)(C)C#N)cc1. The van der Waals surface area contributed by atoms with Crippen LogP contribution in [0.5, 0.6) is 5.75 Å². The van der Waals surface area contributed by atoms with Crippen LogP contribution in [0.3, 0.4) is 0 Å². The van der Waals surface area contributed by atoms with E-state index in [0.29, 0.717) is 10.6 Å². The third-order valence-corrected chi connectivity index (χ3v) is 6.56. The Morgan fingerprint density at radius 1 is 0.971 bits per heavy atom. The third kappa shape index (κ3) is 6.17. The van der Waals surface area contributed by atoms with E-state index < -0.39 is 5.41 Å². The Bertz CT molecular complexity index is 1170. The quantitative estimate of drug-likeness (QED) is 0.372. The lowest BCUT2D eigenvalue weighted by Gasteiger charge is -2.35. The van der Waals surface area contributed by atoms with E-state index in [1.54, 1.807) is 7.11 Å². The summed E-state index contributed by atoms with van der Waals surface area (Å²) < 4.78 is 5.31. The van der Waals surface area contributed by atoms with Crippen molar-refractivity contribution in [2.45, 2.75) is 45.2 Å². The molecule has 3 atom stereocenters. The molecule has 0 aromatic heterocycles. The Morgan fingerprint density at radius 2 is 1.65 bits per heavy atom. The van der Waals surface area contributed by atoms with Crippen molar-refractivity contribution < 1.29 is 4.74 Å². The molecule has 1 unspecified atom stereocenters. The van der Waals surface area contributed by atoms with E-state index in [-0.39, 0.29) is 18.0 Å². The van der Waals surface area contributed by atoms with Gasteiger partial charge in [0.1, 0.15) is 5.75 Å². The van der Waals surface area contributed by atoms with Crippen molar-refractivity contribution in [1.29, 1.82) is 10.5 Å². The van der Waals surface area contributed by atoms with Gasteiger partial charge in [-0.25, -0.2) is 0 Å². The van der Waals surface area contributed by atoms with Crippen LogP contribution in [0.4, 0.5) is 0 Å². The largest absolute Gasteiger partial charge is 0.497 e. The fourth-order valence-corrected chi connectivity index (χ4v) is 4.38. The molecule has 0 aliphatic rings. The lowest BCUT2D eigenvalue weighted by molar-refractivity contribution is 0.281. The number of nitrogens with zero attached hydrogens (tertiary/aromatic N) is 2. The monoisotopic (exact) mass is 471 g/mol. The number of methoxy groups -OCH3 is 1. The van der Waals surface area contributed by atoms with E-state index in [9.17, 15) is 10.5 Å². The average molecular weight is 472 g/mol. The highest BCUT2D eigenvalue weighted by Gasteiger charge is 2.34. The predicted molar refractivity (Wildman–Crippen MR) is 137 cm³/mol. The zero-order valence-electron chi connectivity index (χ0n) is 20.0. The molecule has 0 bridgehead atoms.